The number of hydrogen-bond donors (Lipinski definition) is 1. The fourth-order valence-corrected chi connectivity index (χ4v) is 1.84. The monoisotopic (exact) mass is 330 g/mol. The van der Waals surface area contributed by atoms with Crippen molar-refractivity contribution in [3.8, 4) is 11.5 Å². The summed E-state index contributed by atoms with van der Waals surface area (Å²) >= 11 is 0. The van der Waals surface area contributed by atoms with Gasteiger partial charge < -0.3 is 19.5 Å². The number of nitrogens with one attached hydrogen (secondary N) is 1. The number of pyridine rings is 1. The standard InChI is InChI=1S/C17H18N2O5/c1-22-14-4-2-3-5-15(14)23-11-10-19-16(20)12-24-17(21)13-6-8-18-9-7-13/h2-9H,10-12H2,1H3,(H,19,20). The van der Waals surface area contributed by atoms with Gasteiger partial charge in [-0.15, -0.1) is 0 Å². The van der Waals surface area contributed by atoms with E-state index in [0.29, 0.717) is 17.1 Å². The van der Waals surface area contributed by atoms with Crippen LogP contribution in [0.1, 0.15) is 10.4 Å². The number of methoxy groups -OCH3 is 1. The zero-order chi connectivity index (χ0) is 17.2. The van der Waals surface area contributed by atoms with E-state index in [1.54, 1.807) is 19.2 Å². The van der Waals surface area contributed by atoms with Crippen LogP contribution in [0.5, 0.6) is 11.5 Å². The van der Waals surface area contributed by atoms with E-state index in [2.05, 4.69) is 10.3 Å². The molecular formula is C17H18N2O5. The highest BCUT2D eigenvalue weighted by molar-refractivity contribution is 5.91. The molecule has 126 valence electrons. The van der Waals surface area contributed by atoms with Crippen LogP contribution in [0.4, 0.5) is 0 Å². The van der Waals surface area contributed by atoms with Gasteiger partial charge in [-0.25, -0.2) is 4.79 Å². The minimum Gasteiger partial charge on any atom is -0.493 e. The predicted molar refractivity (Wildman–Crippen MR) is 86.0 cm³/mol. The minimum atomic E-state index is -0.571. The first-order chi connectivity index (χ1) is 11.7. The van der Waals surface area contributed by atoms with Gasteiger partial charge in [-0.05, 0) is 24.3 Å². The van der Waals surface area contributed by atoms with E-state index in [4.69, 9.17) is 14.2 Å². The lowest BCUT2D eigenvalue weighted by molar-refractivity contribution is -0.124. The van der Waals surface area contributed by atoms with Gasteiger partial charge in [-0.1, -0.05) is 12.1 Å². The number of esters is 1. The van der Waals surface area contributed by atoms with Gasteiger partial charge in [-0.3, -0.25) is 9.78 Å². The lowest BCUT2D eigenvalue weighted by Crippen LogP contribution is -2.32. The Morgan fingerprint density at radius 1 is 1.08 bits per heavy atom. The van der Waals surface area contributed by atoms with Gasteiger partial charge in [0.2, 0.25) is 0 Å². The molecule has 0 aliphatic carbocycles. The highest BCUT2D eigenvalue weighted by atomic mass is 16.5. The van der Waals surface area contributed by atoms with E-state index in [1.165, 1.54) is 24.5 Å². The second kappa shape index (κ2) is 9.14. The molecule has 1 amide bonds. The largest absolute Gasteiger partial charge is 0.493 e. The molecule has 0 unspecified atom stereocenters. The van der Waals surface area contributed by atoms with Crippen LogP contribution in [-0.4, -0.2) is 43.7 Å². The van der Waals surface area contributed by atoms with E-state index >= 15 is 0 Å². The summed E-state index contributed by atoms with van der Waals surface area (Å²) < 4.78 is 15.6. The average Bonchev–Trinajstić information content (AvgIpc) is 2.64. The fraction of sp³-hybridized carbons (Fsp3) is 0.235. The smallest absolute Gasteiger partial charge is 0.338 e. The van der Waals surface area contributed by atoms with Crippen LogP contribution in [-0.2, 0) is 9.53 Å². The molecule has 0 atom stereocenters. The molecule has 0 aliphatic rings. The molecule has 7 nitrogen and oxygen atoms in total. The zero-order valence-corrected chi connectivity index (χ0v) is 13.2. The molecule has 1 N–H and O–H groups in total. The van der Waals surface area contributed by atoms with Gasteiger partial charge in [0.05, 0.1) is 19.2 Å². The molecular weight excluding hydrogens is 312 g/mol. The molecule has 0 fully saturated rings. The van der Waals surface area contributed by atoms with Crippen molar-refractivity contribution in [1.29, 1.82) is 0 Å². The van der Waals surface area contributed by atoms with Crippen molar-refractivity contribution < 1.29 is 23.8 Å². The Morgan fingerprint density at radius 2 is 1.79 bits per heavy atom. The lowest BCUT2D eigenvalue weighted by Gasteiger charge is -2.11. The molecule has 1 aromatic carbocycles. The first kappa shape index (κ1) is 17.3. The molecule has 2 aromatic rings. The highest BCUT2D eigenvalue weighted by Crippen LogP contribution is 2.25. The molecule has 0 saturated carbocycles. The Hall–Kier alpha value is -3.09. The maximum absolute atomic E-state index is 11.7. The Balaban J connectivity index is 1.66. The average molecular weight is 330 g/mol. The Kier molecular flexibility index (Phi) is 6.58. The SMILES string of the molecule is COc1ccccc1OCCNC(=O)COC(=O)c1ccncc1. The van der Waals surface area contributed by atoms with Crippen LogP contribution >= 0.6 is 0 Å². The first-order valence-electron chi connectivity index (χ1n) is 7.30. The maximum Gasteiger partial charge on any atom is 0.338 e. The fourth-order valence-electron chi connectivity index (χ4n) is 1.84. The third-order valence-electron chi connectivity index (χ3n) is 3.00. The summed E-state index contributed by atoms with van der Waals surface area (Å²) in [5.74, 6) is 0.243. The Morgan fingerprint density at radius 3 is 2.50 bits per heavy atom. The Bertz CT molecular complexity index is 676. The van der Waals surface area contributed by atoms with Crippen LogP contribution < -0.4 is 14.8 Å². The summed E-state index contributed by atoms with van der Waals surface area (Å²) in [5, 5.41) is 2.60. The first-order valence-corrected chi connectivity index (χ1v) is 7.30. The second-order valence-electron chi connectivity index (χ2n) is 4.66. The third-order valence-corrected chi connectivity index (χ3v) is 3.00. The van der Waals surface area contributed by atoms with E-state index in [9.17, 15) is 9.59 Å². The van der Waals surface area contributed by atoms with Gasteiger partial charge in [0.1, 0.15) is 6.61 Å². The third kappa shape index (κ3) is 5.28. The van der Waals surface area contributed by atoms with Crippen molar-refractivity contribution in [2.75, 3.05) is 26.9 Å². The topological polar surface area (TPSA) is 86.8 Å². The number of carbonyl (C=O) groups excluding carboxylic acids is 2. The number of ether oxygens (including phenoxy) is 3. The van der Waals surface area contributed by atoms with Crippen LogP contribution in [0.3, 0.4) is 0 Å². The molecule has 1 heterocycles. The van der Waals surface area contributed by atoms with Crippen molar-refractivity contribution >= 4 is 11.9 Å². The van der Waals surface area contributed by atoms with E-state index in [1.807, 2.05) is 12.1 Å². The molecule has 0 aliphatic heterocycles. The van der Waals surface area contributed by atoms with Crippen LogP contribution in [0, 0.1) is 0 Å². The van der Waals surface area contributed by atoms with E-state index < -0.39 is 11.9 Å². The quantitative estimate of drug-likeness (QED) is 0.582. The number of hydrogen-bond acceptors (Lipinski definition) is 6. The van der Waals surface area contributed by atoms with Gasteiger partial charge in [0, 0.05) is 12.4 Å². The molecule has 0 saturated heterocycles. The summed E-state index contributed by atoms with van der Waals surface area (Å²) in [7, 11) is 1.56. The summed E-state index contributed by atoms with van der Waals surface area (Å²) in [6.07, 6.45) is 2.96. The molecule has 2 rings (SSSR count). The van der Waals surface area contributed by atoms with E-state index in [-0.39, 0.29) is 19.8 Å². The number of para-hydroxylation sites is 2. The number of rotatable bonds is 8. The molecule has 0 radical (unpaired) electrons. The van der Waals surface area contributed by atoms with Crippen LogP contribution in [0.25, 0.3) is 0 Å². The normalized spacial score (nSPS) is 9.88. The summed E-state index contributed by atoms with van der Waals surface area (Å²) in [6, 6.07) is 10.3. The number of nitrogens with zero attached hydrogens (tertiary/aromatic N) is 1. The number of carbonyl (C=O) groups is 2. The number of benzene rings is 1. The highest BCUT2D eigenvalue weighted by Gasteiger charge is 2.09. The van der Waals surface area contributed by atoms with Gasteiger partial charge >= 0.3 is 5.97 Å². The maximum atomic E-state index is 11.7. The molecule has 1 aromatic heterocycles. The van der Waals surface area contributed by atoms with Crippen molar-refractivity contribution in [1.82, 2.24) is 10.3 Å². The van der Waals surface area contributed by atoms with E-state index in [0.717, 1.165) is 0 Å². The van der Waals surface area contributed by atoms with Crippen molar-refractivity contribution in [2.24, 2.45) is 0 Å². The molecule has 0 bridgehead atoms. The summed E-state index contributed by atoms with van der Waals surface area (Å²) in [6.45, 7) is 0.198. The summed E-state index contributed by atoms with van der Waals surface area (Å²) in [5.41, 5.74) is 0.345. The molecule has 7 heteroatoms. The number of amides is 1. The summed E-state index contributed by atoms with van der Waals surface area (Å²) in [4.78, 5) is 27.1. The van der Waals surface area contributed by atoms with Crippen LogP contribution in [0.15, 0.2) is 48.8 Å². The minimum absolute atomic E-state index is 0.268. The Labute approximate surface area is 139 Å². The van der Waals surface area contributed by atoms with Gasteiger partial charge in [0.15, 0.2) is 18.1 Å². The van der Waals surface area contributed by atoms with Crippen molar-refractivity contribution in [3.63, 3.8) is 0 Å². The number of aromatic nitrogens is 1. The van der Waals surface area contributed by atoms with Crippen LogP contribution in [0.2, 0.25) is 0 Å². The predicted octanol–water partition coefficient (Wildman–Crippen LogP) is 1.44. The van der Waals surface area contributed by atoms with Gasteiger partial charge in [0.25, 0.3) is 5.91 Å². The molecule has 0 spiro atoms. The van der Waals surface area contributed by atoms with Crippen molar-refractivity contribution in [2.45, 2.75) is 0 Å². The zero-order valence-electron chi connectivity index (χ0n) is 13.2. The lowest BCUT2D eigenvalue weighted by atomic mass is 10.3. The van der Waals surface area contributed by atoms with Gasteiger partial charge in [-0.2, -0.15) is 0 Å². The second-order valence-corrected chi connectivity index (χ2v) is 4.66. The molecule has 24 heavy (non-hydrogen) atoms. The van der Waals surface area contributed by atoms with Crippen molar-refractivity contribution in [3.05, 3.63) is 54.4 Å².